The van der Waals surface area contributed by atoms with Crippen molar-refractivity contribution in [2.45, 2.75) is 19.6 Å². The van der Waals surface area contributed by atoms with Crippen LogP contribution in [0.1, 0.15) is 12.5 Å². The maximum absolute atomic E-state index is 11.8. The van der Waals surface area contributed by atoms with Gasteiger partial charge in [-0.3, -0.25) is 0 Å². The second-order valence-electron chi connectivity index (χ2n) is 4.15. The Balaban J connectivity index is 2.71. The number of esters is 1. The van der Waals surface area contributed by atoms with Crippen LogP contribution in [-0.4, -0.2) is 32.9 Å². The van der Waals surface area contributed by atoms with Gasteiger partial charge >= 0.3 is 5.97 Å². The van der Waals surface area contributed by atoms with Crippen LogP contribution < -0.4 is 9.47 Å². The highest BCUT2D eigenvalue weighted by Crippen LogP contribution is 2.37. The van der Waals surface area contributed by atoms with E-state index in [-0.39, 0.29) is 6.61 Å². The molecule has 5 nitrogen and oxygen atoms in total. The van der Waals surface area contributed by atoms with E-state index >= 15 is 0 Å². The zero-order chi connectivity index (χ0) is 15.8. The van der Waals surface area contributed by atoms with Crippen LogP contribution in [0.5, 0.6) is 11.5 Å². The molecule has 6 heteroatoms. The predicted octanol–water partition coefficient (Wildman–Crippen LogP) is 3.10. The van der Waals surface area contributed by atoms with Gasteiger partial charge in [0, 0.05) is 5.56 Å². The van der Waals surface area contributed by atoms with E-state index in [9.17, 15) is 4.79 Å². The highest BCUT2D eigenvalue weighted by Gasteiger charge is 2.17. The molecule has 0 saturated carbocycles. The molecule has 1 aromatic rings. The molecule has 0 aliphatic heterocycles. The largest absolute Gasteiger partial charge is 0.493 e. The first-order chi connectivity index (χ1) is 10.0. The van der Waals surface area contributed by atoms with E-state index < -0.39 is 12.1 Å². The molecule has 0 spiro atoms. The zero-order valence-corrected chi connectivity index (χ0v) is 13.9. The van der Waals surface area contributed by atoms with Gasteiger partial charge in [0.2, 0.25) is 0 Å². The van der Waals surface area contributed by atoms with E-state index in [1.54, 1.807) is 39.4 Å². The molecule has 1 atom stereocenters. The summed E-state index contributed by atoms with van der Waals surface area (Å²) in [7, 11) is 3.10. The summed E-state index contributed by atoms with van der Waals surface area (Å²) < 4.78 is 21.6. The SMILES string of the molecule is C=CCOC(C)C(=O)OCc1ccc(OC)c(OC)c1Br. The molecule has 0 fully saturated rings. The van der Waals surface area contributed by atoms with Gasteiger partial charge in [-0.1, -0.05) is 12.1 Å². The van der Waals surface area contributed by atoms with Gasteiger partial charge in [-0.05, 0) is 28.9 Å². The van der Waals surface area contributed by atoms with Crippen molar-refractivity contribution in [3.8, 4) is 11.5 Å². The van der Waals surface area contributed by atoms with E-state index in [4.69, 9.17) is 18.9 Å². The fraction of sp³-hybridized carbons (Fsp3) is 0.400. The summed E-state index contributed by atoms with van der Waals surface area (Å²) in [6, 6.07) is 3.55. The number of ether oxygens (including phenoxy) is 4. The van der Waals surface area contributed by atoms with Crippen LogP contribution in [0.3, 0.4) is 0 Å². The molecule has 116 valence electrons. The van der Waals surface area contributed by atoms with Gasteiger partial charge in [-0.15, -0.1) is 6.58 Å². The monoisotopic (exact) mass is 358 g/mol. The minimum absolute atomic E-state index is 0.113. The molecular weight excluding hydrogens is 340 g/mol. The second kappa shape index (κ2) is 8.69. The standard InChI is InChI=1S/C15H19BrO5/c1-5-8-20-10(2)15(17)21-9-11-6-7-12(18-3)14(19-4)13(11)16/h5-7,10H,1,8-9H2,2-4H3. The van der Waals surface area contributed by atoms with Crippen molar-refractivity contribution in [1.82, 2.24) is 0 Å². The number of carbonyl (C=O) groups excluding carboxylic acids is 1. The van der Waals surface area contributed by atoms with Crippen LogP contribution in [0.25, 0.3) is 0 Å². The number of hydrogen-bond acceptors (Lipinski definition) is 5. The summed E-state index contributed by atoms with van der Waals surface area (Å²) in [4.78, 5) is 11.8. The van der Waals surface area contributed by atoms with Gasteiger partial charge in [-0.2, -0.15) is 0 Å². The van der Waals surface area contributed by atoms with Crippen molar-refractivity contribution < 1.29 is 23.7 Å². The fourth-order valence-electron chi connectivity index (χ4n) is 1.59. The Hall–Kier alpha value is -1.53. The number of methoxy groups -OCH3 is 2. The topological polar surface area (TPSA) is 54.0 Å². The molecule has 0 aliphatic carbocycles. The zero-order valence-electron chi connectivity index (χ0n) is 12.3. The smallest absolute Gasteiger partial charge is 0.335 e. The average molecular weight is 359 g/mol. The predicted molar refractivity (Wildman–Crippen MR) is 82.7 cm³/mol. The maximum Gasteiger partial charge on any atom is 0.335 e. The molecule has 1 unspecified atom stereocenters. The third kappa shape index (κ3) is 4.75. The van der Waals surface area contributed by atoms with Crippen LogP contribution in [0, 0.1) is 0 Å². The molecule has 0 aromatic heterocycles. The van der Waals surface area contributed by atoms with E-state index in [1.807, 2.05) is 0 Å². The number of benzene rings is 1. The van der Waals surface area contributed by atoms with E-state index in [0.29, 0.717) is 22.6 Å². The lowest BCUT2D eigenvalue weighted by Gasteiger charge is -2.15. The fourth-order valence-corrected chi connectivity index (χ4v) is 2.19. The summed E-state index contributed by atoms with van der Waals surface area (Å²) in [6.45, 7) is 5.57. The lowest BCUT2D eigenvalue weighted by atomic mass is 10.2. The van der Waals surface area contributed by atoms with Gasteiger partial charge in [0.25, 0.3) is 0 Å². The third-order valence-corrected chi connectivity index (χ3v) is 3.60. The first-order valence-corrected chi connectivity index (χ1v) is 7.12. The Bertz CT molecular complexity index is 501. The summed E-state index contributed by atoms with van der Waals surface area (Å²) in [6.07, 6.45) is 0.941. The van der Waals surface area contributed by atoms with Crippen molar-refractivity contribution in [3.63, 3.8) is 0 Å². The Morgan fingerprint density at radius 2 is 2.10 bits per heavy atom. The van der Waals surface area contributed by atoms with Gasteiger partial charge in [0.15, 0.2) is 17.6 Å². The van der Waals surface area contributed by atoms with Crippen LogP contribution >= 0.6 is 15.9 Å². The maximum atomic E-state index is 11.8. The molecule has 0 aliphatic rings. The first kappa shape index (κ1) is 17.5. The van der Waals surface area contributed by atoms with Crippen LogP contribution in [0.15, 0.2) is 29.3 Å². The highest BCUT2D eigenvalue weighted by molar-refractivity contribution is 9.10. The average Bonchev–Trinajstić information content (AvgIpc) is 2.50. The number of rotatable bonds is 8. The molecule has 0 radical (unpaired) electrons. The van der Waals surface area contributed by atoms with Crippen molar-refractivity contribution in [1.29, 1.82) is 0 Å². The third-order valence-electron chi connectivity index (χ3n) is 2.73. The summed E-state index contributed by atoms with van der Waals surface area (Å²) in [5.41, 5.74) is 0.775. The number of halogens is 1. The first-order valence-electron chi connectivity index (χ1n) is 6.33. The van der Waals surface area contributed by atoms with Gasteiger partial charge in [0.1, 0.15) is 6.61 Å². The highest BCUT2D eigenvalue weighted by atomic mass is 79.9. The van der Waals surface area contributed by atoms with Crippen molar-refractivity contribution in [2.75, 3.05) is 20.8 Å². The number of hydrogen-bond donors (Lipinski definition) is 0. The minimum Gasteiger partial charge on any atom is -0.493 e. The van der Waals surface area contributed by atoms with Gasteiger partial charge in [-0.25, -0.2) is 4.79 Å². The van der Waals surface area contributed by atoms with Crippen molar-refractivity contribution >= 4 is 21.9 Å². The van der Waals surface area contributed by atoms with Crippen molar-refractivity contribution in [2.24, 2.45) is 0 Å². The molecule has 0 bridgehead atoms. The van der Waals surface area contributed by atoms with E-state index in [0.717, 1.165) is 5.56 Å². The van der Waals surface area contributed by atoms with Crippen LogP contribution in [0.2, 0.25) is 0 Å². The summed E-state index contributed by atoms with van der Waals surface area (Å²) >= 11 is 3.42. The van der Waals surface area contributed by atoms with E-state index in [1.165, 1.54) is 0 Å². The van der Waals surface area contributed by atoms with Gasteiger partial charge < -0.3 is 18.9 Å². The van der Waals surface area contributed by atoms with Gasteiger partial charge in [0.05, 0.1) is 25.3 Å². The van der Waals surface area contributed by atoms with Crippen molar-refractivity contribution in [3.05, 3.63) is 34.8 Å². The molecule has 0 amide bonds. The molecular formula is C15H19BrO5. The lowest BCUT2D eigenvalue weighted by molar-refractivity contribution is -0.156. The molecule has 21 heavy (non-hydrogen) atoms. The van der Waals surface area contributed by atoms with Crippen LogP contribution in [-0.2, 0) is 20.9 Å². The number of carbonyl (C=O) groups is 1. The summed E-state index contributed by atoms with van der Waals surface area (Å²) in [5.74, 6) is 0.725. The quantitative estimate of drug-likeness (QED) is 0.527. The molecule has 1 aromatic carbocycles. The Kier molecular flexibility index (Phi) is 7.25. The normalized spacial score (nSPS) is 11.6. The Labute approximate surface area is 133 Å². The Morgan fingerprint density at radius 1 is 1.38 bits per heavy atom. The molecule has 0 heterocycles. The molecule has 0 N–H and O–H groups in total. The Morgan fingerprint density at radius 3 is 2.67 bits per heavy atom. The summed E-state index contributed by atoms with van der Waals surface area (Å²) in [5, 5.41) is 0. The minimum atomic E-state index is -0.637. The molecule has 1 rings (SSSR count). The molecule has 0 saturated heterocycles. The van der Waals surface area contributed by atoms with E-state index in [2.05, 4.69) is 22.5 Å². The second-order valence-corrected chi connectivity index (χ2v) is 4.94. The van der Waals surface area contributed by atoms with Crippen LogP contribution in [0.4, 0.5) is 0 Å². The lowest BCUT2D eigenvalue weighted by Crippen LogP contribution is -2.23.